The van der Waals surface area contributed by atoms with Crippen molar-refractivity contribution in [1.29, 1.82) is 0 Å². The molecule has 1 aromatic heterocycles. The summed E-state index contributed by atoms with van der Waals surface area (Å²) in [5.74, 6) is -3.30. The summed E-state index contributed by atoms with van der Waals surface area (Å²) in [5, 5.41) is 7.10. The van der Waals surface area contributed by atoms with Crippen molar-refractivity contribution in [2.75, 3.05) is 11.5 Å². The van der Waals surface area contributed by atoms with Crippen LogP contribution in [0, 0.1) is 0 Å². The zero-order valence-corrected chi connectivity index (χ0v) is 21.3. The molecule has 0 radical (unpaired) electrons. The molecule has 2 aliphatic rings. The first-order valence-corrected chi connectivity index (χ1v) is 12.4. The van der Waals surface area contributed by atoms with Gasteiger partial charge >= 0.3 is 17.9 Å². The molecule has 2 aliphatic heterocycles. The molecule has 0 spiro atoms. The van der Waals surface area contributed by atoms with Gasteiger partial charge in [0, 0.05) is 31.9 Å². The van der Waals surface area contributed by atoms with Crippen molar-refractivity contribution in [3.63, 3.8) is 0 Å². The summed E-state index contributed by atoms with van der Waals surface area (Å²) in [6.07, 6.45) is 2.21. The lowest BCUT2D eigenvalue weighted by molar-refractivity contribution is -0.182. The van der Waals surface area contributed by atoms with E-state index >= 15 is 0 Å². The summed E-state index contributed by atoms with van der Waals surface area (Å²) in [6, 6.07) is -1.01. The number of nitrogens with one attached hydrogen (secondary N) is 1. The number of esters is 2. The molecule has 0 bridgehead atoms. The van der Waals surface area contributed by atoms with Crippen LogP contribution < -0.4 is 11.1 Å². The van der Waals surface area contributed by atoms with Crippen LogP contribution in [-0.4, -0.2) is 68.8 Å². The van der Waals surface area contributed by atoms with Gasteiger partial charge in [0.1, 0.15) is 22.8 Å². The zero-order chi connectivity index (χ0) is 26.6. The Bertz CT molecular complexity index is 1190. The van der Waals surface area contributed by atoms with Crippen LogP contribution in [0.25, 0.3) is 0 Å². The number of hydrogen-bond donors (Lipinski definition) is 2. The standard InChI is InChI=1S/C21H23N5O8S2/c1-5-6-12-7-35-19-15(18(30)26(19)16(12)20(31)33-11(4)32-9(2)27)24-17(29)14(25-34-10(3)28)13-8-36-21(22)23-13/h5-6,8,11,15,19H,7H2,1-4H3,(H2,22,23)(H,24,29)/b6-5+,25-14-/t11?,15-,19+/m1/s1. The number of nitrogen functional groups attached to an aromatic ring is 1. The Labute approximate surface area is 213 Å². The van der Waals surface area contributed by atoms with Gasteiger partial charge in [0.2, 0.25) is 6.29 Å². The number of amides is 2. The Kier molecular flexibility index (Phi) is 8.47. The Morgan fingerprint density at radius 2 is 2.00 bits per heavy atom. The number of allylic oxidation sites excluding steroid dienone is 2. The Hall–Kier alpha value is -3.72. The molecule has 13 nitrogen and oxygen atoms in total. The number of carbonyl (C=O) groups excluding carboxylic acids is 5. The first-order valence-electron chi connectivity index (χ1n) is 10.5. The van der Waals surface area contributed by atoms with Crippen LogP contribution in [0.5, 0.6) is 0 Å². The van der Waals surface area contributed by atoms with E-state index in [9.17, 15) is 24.0 Å². The molecule has 1 aromatic rings. The number of thiazole rings is 1. The van der Waals surface area contributed by atoms with Gasteiger partial charge in [-0.05, 0) is 12.5 Å². The minimum atomic E-state index is -1.17. The normalized spacial score (nSPS) is 20.4. The number of nitrogens with zero attached hydrogens (tertiary/aromatic N) is 3. The van der Waals surface area contributed by atoms with Crippen LogP contribution in [0.3, 0.4) is 0 Å². The third-order valence-electron chi connectivity index (χ3n) is 4.70. The van der Waals surface area contributed by atoms with Crippen molar-refractivity contribution in [3.05, 3.63) is 34.5 Å². The van der Waals surface area contributed by atoms with Gasteiger partial charge in [0.05, 0.1) is 0 Å². The van der Waals surface area contributed by atoms with Gasteiger partial charge in [-0.25, -0.2) is 14.6 Å². The number of ether oxygens (including phenoxy) is 2. The van der Waals surface area contributed by atoms with Crippen molar-refractivity contribution in [2.45, 2.75) is 45.4 Å². The number of hydrogen-bond acceptors (Lipinski definition) is 13. The van der Waals surface area contributed by atoms with E-state index in [1.54, 1.807) is 19.1 Å². The first-order chi connectivity index (χ1) is 17.0. The first kappa shape index (κ1) is 26.9. The van der Waals surface area contributed by atoms with E-state index in [1.807, 2.05) is 0 Å². The molecule has 0 aliphatic carbocycles. The number of aromatic nitrogens is 1. The summed E-state index contributed by atoms with van der Waals surface area (Å²) >= 11 is 2.37. The molecule has 1 fully saturated rings. The third kappa shape index (κ3) is 5.91. The quantitative estimate of drug-likeness (QED) is 0.119. The van der Waals surface area contributed by atoms with Crippen molar-refractivity contribution < 1.29 is 38.3 Å². The molecule has 3 heterocycles. The second kappa shape index (κ2) is 11.3. The zero-order valence-electron chi connectivity index (χ0n) is 19.7. The van der Waals surface area contributed by atoms with Crippen LogP contribution in [-0.2, 0) is 38.3 Å². The van der Waals surface area contributed by atoms with E-state index in [0.717, 1.165) is 18.3 Å². The molecule has 2 amide bonds. The van der Waals surface area contributed by atoms with Crippen molar-refractivity contribution in [1.82, 2.24) is 15.2 Å². The average Bonchev–Trinajstić information content (AvgIpc) is 3.22. The monoisotopic (exact) mass is 537 g/mol. The van der Waals surface area contributed by atoms with Gasteiger partial charge in [-0.3, -0.25) is 19.3 Å². The largest absolute Gasteiger partial charge is 0.426 e. The summed E-state index contributed by atoms with van der Waals surface area (Å²) in [7, 11) is 0. The molecule has 1 saturated heterocycles. The lowest BCUT2D eigenvalue weighted by Crippen LogP contribution is -2.71. The third-order valence-corrected chi connectivity index (χ3v) is 6.67. The van der Waals surface area contributed by atoms with Gasteiger partial charge < -0.3 is 25.4 Å². The van der Waals surface area contributed by atoms with Crippen molar-refractivity contribution in [2.24, 2.45) is 5.16 Å². The van der Waals surface area contributed by atoms with E-state index in [1.165, 1.54) is 35.9 Å². The summed E-state index contributed by atoms with van der Waals surface area (Å²) in [6.45, 7) is 5.41. The smallest absolute Gasteiger partial charge is 0.358 e. The van der Waals surface area contributed by atoms with E-state index in [4.69, 9.17) is 15.2 Å². The van der Waals surface area contributed by atoms with Crippen LogP contribution >= 0.6 is 23.1 Å². The maximum absolute atomic E-state index is 13.1. The maximum Gasteiger partial charge on any atom is 0.358 e. The van der Waals surface area contributed by atoms with E-state index in [0.29, 0.717) is 11.3 Å². The molecule has 3 atom stereocenters. The number of nitrogens with two attached hydrogens (primary N) is 1. The van der Waals surface area contributed by atoms with E-state index in [2.05, 4.69) is 20.3 Å². The number of fused-ring (bicyclic) bond motifs is 1. The van der Waals surface area contributed by atoms with E-state index < -0.39 is 47.4 Å². The predicted molar refractivity (Wildman–Crippen MR) is 129 cm³/mol. The molecule has 3 rings (SSSR count). The molecule has 192 valence electrons. The number of oxime groups is 1. The van der Waals surface area contributed by atoms with Crippen LogP contribution in [0.15, 0.2) is 34.0 Å². The fourth-order valence-electron chi connectivity index (χ4n) is 3.35. The van der Waals surface area contributed by atoms with Gasteiger partial charge in [-0.2, -0.15) is 0 Å². The van der Waals surface area contributed by atoms with E-state index in [-0.39, 0.29) is 22.2 Å². The number of β-lactam (4-membered cyclic amide) rings is 1. The van der Waals surface area contributed by atoms with Gasteiger partial charge in [0.25, 0.3) is 11.8 Å². The number of anilines is 1. The highest BCUT2D eigenvalue weighted by Gasteiger charge is 2.54. The maximum atomic E-state index is 13.1. The molecular weight excluding hydrogens is 514 g/mol. The molecule has 0 saturated carbocycles. The van der Waals surface area contributed by atoms with Gasteiger partial charge in [-0.15, -0.1) is 23.1 Å². The molecule has 36 heavy (non-hydrogen) atoms. The van der Waals surface area contributed by atoms with Crippen LogP contribution in [0.2, 0.25) is 0 Å². The van der Waals surface area contributed by atoms with Gasteiger partial charge in [-0.1, -0.05) is 17.3 Å². The summed E-state index contributed by atoms with van der Waals surface area (Å²) in [4.78, 5) is 71.1. The van der Waals surface area contributed by atoms with Crippen molar-refractivity contribution in [3.8, 4) is 0 Å². The fourth-order valence-corrected chi connectivity index (χ4v) is 5.21. The Balaban J connectivity index is 1.81. The van der Waals surface area contributed by atoms with Gasteiger partial charge in [0.15, 0.2) is 10.8 Å². The van der Waals surface area contributed by atoms with Crippen LogP contribution in [0.1, 0.15) is 33.4 Å². The highest BCUT2D eigenvalue weighted by molar-refractivity contribution is 8.00. The Morgan fingerprint density at radius 1 is 1.28 bits per heavy atom. The fraction of sp³-hybridized carbons (Fsp3) is 0.381. The SMILES string of the molecule is C/C=C/C1=C(C(=O)OC(C)OC(C)=O)N2C(=O)[C@@H](NC(=O)/C(=N\OC(C)=O)c3csc(N)n3)[C@@H]2SC1. The molecular formula is C21H23N5O8S2. The number of rotatable bonds is 8. The minimum Gasteiger partial charge on any atom is -0.426 e. The molecule has 1 unspecified atom stereocenters. The second-order valence-corrected chi connectivity index (χ2v) is 9.41. The lowest BCUT2D eigenvalue weighted by Gasteiger charge is -2.49. The molecule has 3 N–H and O–H groups in total. The molecule has 15 heteroatoms. The number of thioether (sulfide) groups is 1. The lowest BCUT2D eigenvalue weighted by atomic mass is 10.0. The predicted octanol–water partition coefficient (Wildman–Crippen LogP) is 0.675. The minimum absolute atomic E-state index is 0.00701. The Morgan fingerprint density at radius 3 is 2.58 bits per heavy atom. The topological polar surface area (TPSA) is 180 Å². The van der Waals surface area contributed by atoms with Crippen LogP contribution in [0.4, 0.5) is 5.13 Å². The van der Waals surface area contributed by atoms with Crippen molar-refractivity contribution >= 4 is 63.7 Å². The summed E-state index contributed by atoms with van der Waals surface area (Å²) in [5.41, 5.74) is 5.88. The highest BCUT2D eigenvalue weighted by atomic mass is 32.2. The average molecular weight is 538 g/mol. The number of carbonyl (C=O) groups is 5. The molecule has 0 aromatic carbocycles. The highest BCUT2D eigenvalue weighted by Crippen LogP contribution is 2.41. The second-order valence-electron chi connectivity index (χ2n) is 7.41. The summed E-state index contributed by atoms with van der Waals surface area (Å²) < 4.78 is 10.0.